The van der Waals surface area contributed by atoms with Crippen LogP contribution in [0.5, 0.6) is 11.5 Å². The molecule has 0 saturated carbocycles. The molecular formula is C26H24N4OS. The average molecular weight is 441 g/mol. The summed E-state index contributed by atoms with van der Waals surface area (Å²) >= 11 is 5.81. The van der Waals surface area contributed by atoms with Crippen LogP contribution in [0.4, 0.5) is 5.69 Å². The fourth-order valence-corrected chi connectivity index (χ4v) is 4.56. The molecule has 2 aromatic carbocycles. The van der Waals surface area contributed by atoms with Crippen molar-refractivity contribution in [1.82, 2.24) is 14.9 Å². The smallest absolute Gasteiger partial charge is 0.174 e. The first-order valence-corrected chi connectivity index (χ1v) is 11.1. The Morgan fingerprint density at radius 2 is 1.66 bits per heavy atom. The van der Waals surface area contributed by atoms with E-state index in [-0.39, 0.29) is 12.1 Å². The molecule has 0 radical (unpaired) electrons. The summed E-state index contributed by atoms with van der Waals surface area (Å²) < 4.78 is 8.23. The highest BCUT2D eigenvalue weighted by Crippen LogP contribution is 2.42. The zero-order valence-electron chi connectivity index (χ0n) is 17.8. The zero-order valence-corrected chi connectivity index (χ0v) is 18.6. The molecule has 5 nitrogen and oxygen atoms in total. The quantitative estimate of drug-likeness (QED) is 0.380. The van der Waals surface area contributed by atoms with E-state index in [4.69, 9.17) is 17.0 Å². The normalized spacial score (nSPS) is 17.9. The van der Waals surface area contributed by atoms with E-state index in [0.717, 1.165) is 29.4 Å². The lowest BCUT2D eigenvalue weighted by atomic mass is 10.0. The molecule has 0 aliphatic carbocycles. The Bertz CT molecular complexity index is 1190. The number of rotatable bonds is 6. The maximum Gasteiger partial charge on any atom is 0.174 e. The maximum atomic E-state index is 5.97. The highest BCUT2D eigenvalue weighted by atomic mass is 32.1. The first-order valence-electron chi connectivity index (χ1n) is 10.7. The number of aromatic nitrogens is 2. The minimum atomic E-state index is -0.0517. The van der Waals surface area contributed by atoms with Crippen LogP contribution in [0.2, 0.25) is 0 Å². The summed E-state index contributed by atoms with van der Waals surface area (Å²) in [6.07, 6.45) is 3.94. The van der Waals surface area contributed by atoms with Crippen LogP contribution in [-0.2, 0) is 6.54 Å². The van der Waals surface area contributed by atoms with Crippen LogP contribution in [0, 0.1) is 0 Å². The molecule has 160 valence electrons. The number of hydrogen-bond donors (Lipinski definition) is 1. The molecule has 0 spiro atoms. The third-order valence-corrected chi connectivity index (χ3v) is 6.01. The largest absolute Gasteiger partial charge is 0.457 e. The molecule has 1 saturated heterocycles. The Hall–Kier alpha value is -3.64. The summed E-state index contributed by atoms with van der Waals surface area (Å²) in [6.45, 7) is 3.04. The molecule has 0 bridgehead atoms. The Morgan fingerprint density at radius 3 is 2.38 bits per heavy atom. The number of anilines is 1. The van der Waals surface area contributed by atoms with Crippen LogP contribution in [0.3, 0.4) is 0 Å². The molecule has 1 fully saturated rings. The van der Waals surface area contributed by atoms with Gasteiger partial charge in [0.15, 0.2) is 5.11 Å². The monoisotopic (exact) mass is 440 g/mol. The second-order valence-corrected chi connectivity index (χ2v) is 8.01. The van der Waals surface area contributed by atoms with Crippen molar-refractivity contribution in [1.29, 1.82) is 0 Å². The van der Waals surface area contributed by atoms with Gasteiger partial charge >= 0.3 is 0 Å². The van der Waals surface area contributed by atoms with Crippen molar-refractivity contribution in [3.63, 3.8) is 0 Å². The van der Waals surface area contributed by atoms with Crippen LogP contribution in [0.1, 0.15) is 30.4 Å². The number of pyridine rings is 1. The van der Waals surface area contributed by atoms with Gasteiger partial charge in [-0.05, 0) is 79.8 Å². The van der Waals surface area contributed by atoms with E-state index in [1.165, 1.54) is 5.69 Å². The van der Waals surface area contributed by atoms with Crippen molar-refractivity contribution in [2.45, 2.75) is 25.6 Å². The average Bonchev–Trinajstić information content (AvgIpc) is 3.44. The van der Waals surface area contributed by atoms with Crippen molar-refractivity contribution in [3.8, 4) is 11.5 Å². The zero-order chi connectivity index (χ0) is 21.9. The lowest BCUT2D eigenvalue weighted by Gasteiger charge is -2.29. The summed E-state index contributed by atoms with van der Waals surface area (Å²) in [6, 6.07) is 28.0. The highest BCUT2D eigenvalue weighted by molar-refractivity contribution is 7.80. The van der Waals surface area contributed by atoms with Crippen LogP contribution in [0.15, 0.2) is 97.3 Å². The number of ether oxygens (including phenoxy) is 1. The van der Waals surface area contributed by atoms with Gasteiger partial charge < -0.3 is 19.5 Å². The van der Waals surface area contributed by atoms with Crippen molar-refractivity contribution in [2.24, 2.45) is 0 Å². The summed E-state index contributed by atoms with van der Waals surface area (Å²) in [5.41, 5.74) is 3.17. The van der Waals surface area contributed by atoms with Crippen molar-refractivity contribution in [2.75, 3.05) is 4.90 Å². The Balaban J connectivity index is 1.50. The molecule has 0 amide bonds. The van der Waals surface area contributed by atoms with E-state index in [1.54, 1.807) is 0 Å². The van der Waals surface area contributed by atoms with Gasteiger partial charge in [-0.15, -0.1) is 0 Å². The number of benzene rings is 2. The first kappa shape index (κ1) is 20.3. The second kappa shape index (κ2) is 8.85. The van der Waals surface area contributed by atoms with Gasteiger partial charge in [-0.3, -0.25) is 4.98 Å². The van der Waals surface area contributed by atoms with Crippen LogP contribution < -0.4 is 15.0 Å². The minimum Gasteiger partial charge on any atom is -0.457 e. The van der Waals surface area contributed by atoms with E-state index in [9.17, 15) is 0 Å². The van der Waals surface area contributed by atoms with E-state index >= 15 is 0 Å². The van der Waals surface area contributed by atoms with E-state index in [0.29, 0.717) is 5.11 Å². The molecule has 3 heterocycles. The Kier molecular flexibility index (Phi) is 5.60. The van der Waals surface area contributed by atoms with Crippen molar-refractivity contribution in [3.05, 3.63) is 109 Å². The molecule has 0 unspecified atom stereocenters. The number of nitrogens with zero attached hydrogens (tertiary/aromatic N) is 3. The van der Waals surface area contributed by atoms with Crippen molar-refractivity contribution < 1.29 is 4.74 Å². The molecule has 2 atom stereocenters. The number of thiocarbonyl (C=S) groups is 1. The summed E-state index contributed by atoms with van der Waals surface area (Å²) in [5, 5.41) is 4.20. The second-order valence-electron chi connectivity index (χ2n) is 7.62. The van der Waals surface area contributed by atoms with Gasteiger partial charge in [-0.25, -0.2) is 0 Å². The summed E-state index contributed by atoms with van der Waals surface area (Å²) in [7, 11) is 0. The molecule has 32 heavy (non-hydrogen) atoms. The van der Waals surface area contributed by atoms with Crippen LogP contribution >= 0.6 is 12.2 Å². The standard InChI is InChI=1S/C26H24N4OS/c1-2-29-18-8-12-23(29)25-24(22-11-6-7-17-27-22)28-26(32)30(25)19-13-15-21(16-14-19)31-20-9-4-3-5-10-20/h3-18,24-25H,2H2,1H3,(H,28,32)/t24-,25-/m1/s1. The van der Waals surface area contributed by atoms with Crippen LogP contribution in [-0.4, -0.2) is 14.7 Å². The van der Waals surface area contributed by atoms with E-state index < -0.39 is 0 Å². The molecule has 2 aromatic heterocycles. The SMILES string of the molecule is CCn1cccc1[C@@H]1[C@@H](c2ccccn2)NC(=S)N1c1ccc(Oc2ccccc2)cc1. The van der Waals surface area contributed by atoms with E-state index in [2.05, 4.69) is 57.2 Å². The molecule has 1 N–H and O–H groups in total. The van der Waals surface area contributed by atoms with Gasteiger partial charge in [0, 0.05) is 30.3 Å². The Morgan fingerprint density at radius 1 is 0.906 bits per heavy atom. The number of nitrogens with one attached hydrogen (secondary N) is 1. The van der Waals surface area contributed by atoms with Gasteiger partial charge in [0.2, 0.25) is 0 Å². The third-order valence-electron chi connectivity index (χ3n) is 5.70. The van der Waals surface area contributed by atoms with Crippen molar-refractivity contribution >= 4 is 23.0 Å². The van der Waals surface area contributed by atoms with Gasteiger partial charge in [0.25, 0.3) is 0 Å². The fraction of sp³-hybridized carbons (Fsp3) is 0.154. The predicted octanol–water partition coefficient (Wildman–Crippen LogP) is 5.87. The summed E-state index contributed by atoms with van der Waals surface area (Å²) in [5.74, 6) is 1.60. The molecular weight excluding hydrogens is 416 g/mol. The van der Waals surface area contributed by atoms with Gasteiger partial charge in [0.05, 0.1) is 11.7 Å². The highest BCUT2D eigenvalue weighted by Gasteiger charge is 2.41. The van der Waals surface area contributed by atoms with Gasteiger partial charge in [-0.2, -0.15) is 0 Å². The summed E-state index contributed by atoms with van der Waals surface area (Å²) in [4.78, 5) is 6.80. The lowest BCUT2D eigenvalue weighted by Crippen LogP contribution is -2.30. The topological polar surface area (TPSA) is 42.3 Å². The molecule has 1 aliphatic rings. The number of aryl methyl sites for hydroxylation is 1. The number of para-hydroxylation sites is 1. The lowest BCUT2D eigenvalue weighted by molar-refractivity contribution is 0.482. The van der Waals surface area contributed by atoms with Gasteiger partial charge in [0.1, 0.15) is 17.5 Å². The number of hydrogen-bond acceptors (Lipinski definition) is 3. The first-order chi connectivity index (χ1) is 15.7. The molecule has 1 aliphatic heterocycles. The predicted molar refractivity (Wildman–Crippen MR) is 131 cm³/mol. The third kappa shape index (κ3) is 3.85. The maximum absolute atomic E-state index is 5.97. The molecule has 5 rings (SSSR count). The Labute approximate surface area is 193 Å². The minimum absolute atomic E-state index is 0.0201. The fourth-order valence-electron chi connectivity index (χ4n) is 4.22. The molecule has 6 heteroatoms. The van der Waals surface area contributed by atoms with Gasteiger partial charge in [-0.1, -0.05) is 24.3 Å². The van der Waals surface area contributed by atoms with Crippen LogP contribution in [0.25, 0.3) is 0 Å². The molecule has 4 aromatic rings. The van der Waals surface area contributed by atoms with E-state index in [1.807, 2.05) is 66.9 Å².